The average Bonchev–Trinajstić information content (AvgIpc) is 3.18. The van der Waals surface area contributed by atoms with Gasteiger partial charge in [-0.15, -0.1) is 0 Å². The van der Waals surface area contributed by atoms with Crippen LogP contribution in [0.4, 0.5) is 0 Å². The summed E-state index contributed by atoms with van der Waals surface area (Å²) < 4.78 is 0. The van der Waals surface area contributed by atoms with Crippen LogP contribution in [0.15, 0.2) is 54.7 Å². The molecule has 27 heavy (non-hydrogen) atoms. The molecule has 3 aromatic rings. The van der Waals surface area contributed by atoms with Gasteiger partial charge in [-0.1, -0.05) is 30.3 Å². The van der Waals surface area contributed by atoms with Crippen molar-refractivity contribution < 1.29 is 4.79 Å². The summed E-state index contributed by atoms with van der Waals surface area (Å²) in [5.41, 5.74) is 2.99. The van der Waals surface area contributed by atoms with Crippen molar-refractivity contribution in [1.29, 1.82) is 0 Å². The number of fused-ring (bicyclic) bond motifs is 1. The standard InChI is InChI=1S/C21H25N5O/c27-21(18-6-7-20-19(14-18)15-23-24-20)22-8-9-25-10-12-26(13-11-25)16-17-4-2-1-3-5-17/h1-7,14-15H,8-13,16H2,(H,22,27)(H,23,24). The number of amides is 1. The van der Waals surface area contributed by atoms with E-state index in [1.165, 1.54) is 5.56 Å². The van der Waals surface area contributed by atoms with Crippen molar-refractivity contribution in [2.45, 2.75) is 6.54 Å². The van der Waals surface area contributed by atoms with Gasteiger partial charge in [0.15, 0.2) is 0 Å². The monoisotopic (exact) mass is 363 g/mol. The predicted octanol–water partition coefficient (Wildman–Crippen LogP) is 2.11. The van der Waals surface area contributed by atoms with Gasteiger partial charge >= 0.3 is 0 Å². The maximum absolute atomic E-state index is 12.3. The van der Waals surface area contributed by atoms with E-state index in [4.69, 9.17) is 0 Å². The molecule has 0 atom stereocenters. The van der Waals surface area contributed by atoms with Crippen LogP contribution in [-0.4, -0.2) is 65.2 Å². The number of piperazine rings is 1. The van der Waals surface area contributed by atoms with Crippen LogP contribution in [0.25, 0.3) is 10.9 Å². The molecule has 0 radical (unpaired) electrons. The van der Waals surface area contributed by atoms with Crippen LogP contribution >= 0.6 is 0 Å². The molecule has 0 aliphatic carbocycles. The van der Waals surface area contributed by atoms with E-state index in [0.717, 1.165) is 50.2 Å². The first kappa shape index (κ1) is 17.7. The van der Waals surface area contributed by atoms with Gasteiger partial charge in [0.1, 0.15) is 0 Å². The fourth-order valence-electron chi connectivity index (χ4n) is 3.53. The third kappa shape index (κ3) is 4.53. The first-order chi connectivity index (χ1) is 13.3. The van der Waals surface area contributed by atoms with Gasteiger partial charge < -0.3 is 5.32 Å². The van der Waals surface area contributed by atoms with Gasteiger partial charge in [0.05, 0.1) is 11.7 Å². The predicted molar refractivity (Wildman–Crippen MR) is 107 cm³/mol. The van der Waals surface area contributed by atoms with Crippen molar-refractivity contribution in [3.63, 3.8) is 0 Å². The quantitative estimate of drug-likeness (QED) is 0.704. The molecule has 2 heterocycles. The number of nitrogens with zero attached hydrogens (tertiary/aromatic N) is 3. The first-order valence-corrected chi connectivity index (χ1v) is 9.48. The van der Waals surface area contributed by atoms with Crippen LogP contribution < -0.4 is 5.32 Å². The number of carbonyl (C=O) groups excluding carboxylic acids is 1. The zero-order chi connectivity index (χ0) is 18.5. The third-order valence-electron chi connectivity index (χ3n) is 5.13. The molecule has 0 spiro atoms. The SMILES string of the molecule is O=C(NCCN1CCN(Cc2ccccc2)CC1)c1ccc2[nH]ncc2c1. The number of rotatable bonds is 6. The van der Waals surface area contributed by atoms with Crippen molar-refractivity contribution in [3.05, 3.63) is 65.9 Å². The Kier molecular flexibility index (Phi) is 5.46. The van der Waals surface area contributed by atoms with Gasteiger partial charge in [-0.25, -0.2) is 0 Å². The van der Waals surface area contributed by atoms with Crippen LogP contribution in [0.5, 0.6) is 0 Å². The molecule has 1 aromatic heterocycles. The van der Waals surface area contributed by atoms with Gasteiger partial charge in [-0.05, 0) is 23.8 Å². The van der Waals surface area contributed by atoms with Crippen molar-refractivity contribution in [2.24, 2.45) is 0 Å². The van der Waals surface area contributed by atoms with E-state index >= 15 is 0 Å². The van der Waals surface area contributed by atoms with E-state index < -0.39 is 0 Å². The van der Waals surface area contributed by atoms with Crippen molar-refractivity contribution in [1.82, 2.24) is 25.3 Å². The lowest BCUT2D eigenvalue weighted by atomic mass is 10.1. The Labute approximate surface area is 159 Å². The van der Waals surface area contributed by atoms with E-state index in [2.05, 4.69) is 55.6 Å². The van der Waals surface area contributed by atoms with E-state index in [9.17, 15) is 4.79 Å². The maximum atomic E-state index is 12.3. The lowest BCUT2D eigenvalue weighted by Crippen LogP contribution is -2.48. The topological polar surface area (TPSA) is 64.3 Å². The summed E-state index contributed by atoms with van der Waals surface area (Å²) in [7, 11) is 0. The number of nitrogens with one attached hydrogen (secondary N) is 2. The number of hydrogen-bond donors (Lipinski definition) is 2. The highest BCUT2D eigenvalue weighted by Gasteiger charge is 2.17. The van der Waals surface area contributed by atoms with Crippen LogP contribution in [0, 0.1) is 0 Å². The van der Waals surface area contributed by atoms with Gasteiger partial charge in [0.25, 0.3) is 5.91 Å². The summed E-state index contributed by atoms with van der Waals surface area (Å²) in [6, 6.07) is 16.2. The number of H-pyrrole nitrogens is 1. The Morgan fingerprint density at radius 3 is 2.63 bits per heavy atom. The lowest BCUT2D eigenvalue weighted by molar-refractivity contribution is 0.0934. The van der Waals surface area contributed by atoms with Gasteiger partial charge in [-0.2, -0.15) is 5.10 Å². The maximum Gasteiger partial charge on any atom is 0.251 e. The second-order valence-corrected chi connectivity index (χ2v) is 7.03. The Hall–Kier alpha value is -2.70. The highest BCUT2D eigenvalue weighted by atomic mass is 16.1. The second-order valence-electron chi connectivity index (χ2n) is 7.03. The molecule has 1 amide bonds. The summed E-state index contributed by atoms with van der Waals surface area (Å²) in [6.07, 6.45) is 1.74. The zero-order valence-corrected chi connectivity index (χ0v) is 15.4. The molecule has 1 fully saturated rings. The van der Waals surface area contributed by atoms with E-state index in [1.54, 1.807) is 6.20 Å². The third-order valence-corrected chi connectivity index (χ3v) is 5.13. The summed E-state index contributed by atoms with van der Waals surface area (Å²) in [5.74, 6) is -0.0270. The Morgan fingerprint density at radius 1 is 1.04 bits per heavy atom. The zero-order valence-electron chi connectivity index (χ0n) is 15.4. The normalized spacial score (nSPS) is 15.9. The molecular formula is C21H25N5O. The minimum absolute atomic E-state index is 0.0270. The number of benzene rings is 2. The Morgan fingerprint density at radius 2 is 1.81 bits per heavy atom. The summed E-state index contributed by atoms with van der Waals surface area (Å²) in [5, 5.41) is 10.9. The lowest BCUT2D eigenvalue weighted by Gasteiger charge is -2.34. The molecule has 4 rings (SSSR count). The molecule has 0 unspecified atom stereocenters. The molecule has 140 valence electrons. The molecule has 1 aliphatic rings. The highest BCUT2D eigenvalue weighted by molar-refractivity contribution is 5.97. The molecule has 2 N–H and O–H groups in total. The van der Waals surface area contributed by atoms with E-state index in [0.29, 0.717) is 12.1 Å². The van der Waals surface area contributed by atoms with Gasteiger partial charge in [0.2, 0.25) is 0 Å². The number of aromatic nitrogens is 2. The van der Waals surface area contributed by atoms with Crippen LogP contribution in [0.2, 0.25) is 0 Å². The van der Waals surface area contributed by atoms with E-state index in [1.807, 2.05) is 18.2 Å². The van der Waals surface area contributed by atoms with Gasteiger partial charge in [-0.3, -0.25) is 19.7 Å². The molecule has 0 saturated carbocycles. The fourth-order valence-corrected chi connectivity index (χ4v) is 3.53. The Balaban J connectivity index is 1.19. The highest BCUT2D eigenvalue weighted by Crippen LogP contribution is 2.13. The number of carbonyl (C=O) groups is 1. The summed E-state index contributed by atoms with van der Waals surface area (Å²) >= 11 is 0. The second kappa shape index (κ2) is 8.33. The molecule has 6 heteroatoms. The van der Waals surface area contributed by atoms with Crippen LogP contribution in [0.1, 0.15) is 15.9 Å². The smallest absolute Gasteiger partial charge is 0.251 e. The first-order valence-electron chi connectivity index (χ1n) is 9.48. The number of aromatic amines is 1. The van der Waals surface area contributed by atoms with Crippen molar-refractivity contribution >= 4 is 16.8 Å². The molecule has 2 aromatic carbocycles. The van der Waals surface area contributed by atoms with Crippen LogP contribution in [-0.2, 0) is 6.54 Å². The summed E-state index contributed by atoms with van der Waals surface area (Å²) in [6.45, 7) is 6.80. The van der Waals surface area contributed by atoms with Gasteiger partial charge in [0, 0.05) is 56.8 Å². The van der Waals surface area contributed by atoms with Crippen LogP contribution in [0.3, 0.4) is 0 Å². The largest absolute Gasteiger partial charge is 0.351 e. The Bertz CT molecular complexity index is 884. The minimum atomic E-state index is -0.0270. The van der Waals surface area contributed by atoms with Crippen molar-refractivity contribution in [3.8, 4) is 0 Å². The molecule has 1 saturated heterocycles. The molecule has 1 aliphatic heterocycles. The summed E-state index contributed by atoms with van der Waals surface area (Å²) in [4.78, 5) is 17.2. The molecular weight excluding hydrogens is 338 g/mol. The number of hydrogen-bond acceptors (Lipinski definition) is 4. The fraction of sp³-hybridized carbons (Fsp3) is 0.333. The minimum Gasteiger partial charge on any atom is -0.351 e. The average molecular weight is 363 g/mol. The van der Waals surface area contributed by atoms with E-state index in [-0.39, 0.29) is 5.91 Å². The molecule has 6 nitrogen and oxygen atoms in total. The molecule has 0 bridgehead atoms. The van der Waals surface area contributed by atoms with Crippen molar-refractivity contribution in [2.75, 3.05) is 39.3 Å².